The van der Waals surface area contributed by atoms with E-state index >= 15 is 0 Å². The Morgan fingerprint density at radius 3 is 2.77 bits per heavy atom. The maximum Gasteiger partial charge on any atom is 0.304 e. The Morgan fingerprint density at radius 1 is 1.45 bits per heavy atom. The standard InChI is InChI=1S/C17H28N2O3/c1-5-13(2)18-11-15-7-6-14(10-16(15)22-4)12-19(3)9-8-17(20)21/h6-7,10,13,18H,5,8-9,11-12H2,1-4H3,(H,20,21). The molecule has 0 heterocycles. The van der Waals surface area contributed by atoms with Gasteiger partial charge in [-0.2, -0.15) is 0 Å². The topological polar surface area (TPSA) is 61.8 Å². The lowest BCUT2D eigenvalue weighted by Crippen LogP contribution is -2.24. The Kier molecular flexibility index (Phi) is 7.91. The first-order valence-corrected chi connectivity index (χ1v) is 7.75. The van der Waals surface area contributed by atoms with Crippen LogP contribution in [0.5, 0.6) is 5.75 Å². The van der Waals surface area contributed by atoms with Crippen molar-refractivity contribution in [2.45, 2.75) is 45.8 Å². The van der Waals surface area contributed by atoms with Crippen molar-refractivity contribution in [2.75, 3.05) is 20.7 Å². The van der Waals surface area contributed by atoms with Gasteiger partial charge < -0.3 is 20.1 Å². The van der Waals surface area contributed by atoms with Crippen molar-refractivity contribution in [1.82, 2.24) is 10.2 Å². The van der Waals surface area contributed by atoms with Gasteiger partial charge in [-0.05, 0) is 32.0 Å². The van der Waals surface area contributed by atoms with Crippen molar-refractivity contribution in [1.29, 1.82) is 0 Å². The predicted octanol–water partition coefficient (Wildman–Crippen LogP) is 2.49. The van der Waals surface area contributed by atoms with E-state index in [2.05, 4.69) is 31.3 Å². The number of nitrogens with one attached hydrogen (secondary N) is 1. The molecule has 0 aromatic heterocycles. The monoisotopic (exact) mass is 308 g/mol. The molecule has 1 unspecified atom stereocenters. The van der Waals surface area contributed by atoms with Crippen LogP contribution in [-0.2, 0) is 17.9 Å². The fourth-order valence-electron chi connectivity index (χ4n) is 2.14. The summed E-state index contributed by atoms with van der Waals surface area (Å²) in [6.07, 6.45) is 1.25. The minimum atomic E-state index is -0.768. The highest BCUT2D eigenvalue weighted by atomic mass is 16.5. The number of hydrogen-bond acceptors (Lipinski definition) is 4. The summed E-state index contributed by atoms with van der Waals surface area (Å²) in [6, 6.07) is 6.67. The highest BCUT2D eigenvalue weighted by Crippen LogP contribution is 2.21. The van der Waals surface area contributed by atoms with E-state index in [4.69, 9.17) is 9.84 Å². The quantitative estimate of drug-likeness (QED) is 0.695. The Bertz CT molecular complexity index is 477. The first-order valence-electron chi connectivity index (χ1n) is 7.75. The second-order valence-corrected chi connectivity index (χ2v) is 5.72. The van der Waals surface area contributed by atoms with Crippen LogP contribution < -0.4 is 10.1 Å². The zero-order valence-corrected chi connectivity index (χ0v) is 14.1. The average molecular weight is 308 g/mol. The first kappa shape index (κ1) is 18.5. The van der Waals surface area contributed by atoms with Gasteiger partial charge in [0.05, 0.1) is 13.5 Å². The van der Waals surface area contributed by atoms with Crippen molar-refractivity contribution >= 4 is 5.97 Å². The lowest BCUT2D eigenvalue weighted by Gasteiger charge is -2.18. The summed E-state index contributed by atoms with van der Waals surface area (Å²) >= 11 is 0. The molecule has 0 spiro atoms. The summed E-state index contributed by atoms with van der Waals surface area (Å²) in [6.45, 7) is 6.36. The van der Waals surface area contributed by atoms with Crippen molar-refractivity contribution in [2.24, 2.45) is 0 Å². The summed E-state index contributed by atoms with van der Waals surface area (Å²) in [5, 5.41) is 12.2. The van der Waals surface area contributed by atoms with Gasteiger partial charge in [-0.3, -0.25) is 4.79 Å². The van der Waals surface area contributed by atoms with E-state index in [0.717, 1.165) is 29.8 Å². The van der Waals surface area contributed by atoms with Gasteiger partial charge in [0.25, 0.3) is 0 Å². The molecule has 2 N–H and O–H groups in total. The molecule has 0 bridgehead atoms. The number of carboxylic acid groups (broad SMARTS) is 1. The van der Waals surface area contributed by atoms with Gasteiger partial charge in [-0.1, -0.05) is 19.1 Å². The largest absolute Gasteiger partial charge is 0.496 e. The summed E-state index contributed by atoms with van der Waals surface area (Å²) in [5.41, 5.74) is 2.26. The molecule has 0 aliphatic rings. The molecule has 5 nitrogen and oxygen atoms in total. The third-order valence-electron chi connectivity index (χ3n) is 3.76. The highest BCUT2D eigenvalue weighted by Gasteiger charge is 2.08. The maximum absolute atomic E-state index is 10.6. The third kappa shape index (κ3) is 6.45. The maximum atomic E-state index is 10.6. The second kappa shape index (κ2) is 9.43. The molecule has 0 aliphatic carbocycles. The van der Waals surface area contributed by atoms with Crippen LogP contribution >= 0.6 is 0 Å². The Morgan fingerprint density at radius 2 is 2.18 bits per heavy atom. The average Bonchev–Trinajstić information content (AvgIpc) is 2.51. The number of hydrogen-bond donors (Lipinski definition) is 2. The molecular weight excluding hydrogens is 280 g/mol. The van der Waals surface area contributed by atoms with E-state index < -0.39 is 5.97 Å². The minimum Gasteiger partial charge on any atom is -0.496 e. The van der Waals surface area contributed by atoms with Gasteiger partial charge in [0.2, 0.25) is 0 Å². The van der Waals surface area contributed by atoms with Crippen LogP contribution in [0.15, 0.2) is 18.2 Å². The van der Waals surface area contributed by atoms with Crippen LogP contribution in [0, 0.1) is 0 Å². The molecule has 0 aliphatic heterocycles. The fourth-order valence-corrected chi connectivity index (χ4v) is 2.14. The molecule has 0 radical (unpaired) electrons. The lowest BCUT2D eigenvalue weighted by molar-refractivity contribution is -0.137. The normalized spacial score (nSPS) is 12.4. The second-order valence-electron chi connectivity index (χ2n) is 5.72. The summed E-state index contributed by atoms with van der Waals surface area (Å²) in [5.74, 6) is 0.107. The first-order chi connectivity index (χ1) is 10.5. The van der Waals surface area contributed by atoms with Crippen molar-refractivity contribution in [3.63, 3.8) is 0 Å². The van der Waals surface area contributed by atoms with Crippen LogP contribution in [0.25, 0.3) is 0 Å². The number of benzene rings is 1. The number of nitrogens with zero attached hydrogens (tertiary/aromatic N) is 1. The van der Waals surface area contributed by atoms with Gasteiger partial charge in [-0.25, -0.2) is 0 Å². The van der Waals surface area contributed by atoms with Crippen molar-refractivity contribution in [3.8, 4) is 5.75 Å². The van der Waals surface area contributed by atoms with E-state index in [1.165, 1.54) is 0 Å². The molecule has 5 heteroatoms. The van der Waals surface area contributed by atoms with Crippen molar-refractivity contribution in [3.05, 3.63) is 29.3 Å². The number of rotatable bonds is 10. The van der Waals surface area contributed by atoms with E-state index in [1.807, 2.05) is 18.0 Å². The summed E-state index contributed by atoms with van der Waals surface area (Å²) in [4.78, 5) is 12.6. The molecule has 1 atom stereocenters. The van der Waals surface area contributed by atoms with Crippen LogP contribution in [0.4, 0.5) is 0 Å². The molecule has 124 valence electrons. The Balaban J connectivity index is 2.65. The lowest BCUT2D eigenvalue weighted by atomic mass is 10.1. The van der Waals surface area contributed by atoms with Gasteiger partial charge in [0.1, 0.15) is 5.75 Å². The SMILES string of the molecule is CCC(C)NCc1ccc(CN(C)CCC(=O)O)cc1OC. The van der Waals surface area contributed by atoms with Crippen LogP contribution in [-0.4, -0.2) is 42.7 Å². The summed E-state index contributed by atoms with van der Waals surface area (Å²) < 4.78 is 5.48. The molecule has 0 saturated heterocycles. The molecule has 0 fully saturated rings. The molecule has 0 saturated carbocycles. The number of ether oxygens (including phenoxy) is 1. The number of methoxy groups -OCH3 is 1. The molecule has 22 heavy (non-hydrogen) atoms. The smallest absolute Gasteiger partial charge is 0.304 e. The Hall–Kier alpha value is -1.59. The van der Waals surface area contributed by atoms with E-state index in [-0.39, 0.29) is 6.42 Å². The van der Waals surface area contributed by atoms with Crippen LogP contribution in [0.2, 0.25) is 0 Å². The van der Waals surface area contributed by atoms with Crippen LogP contribution in [0.1, 0.15) is 37.8 Å². The number of carbonyl (C=O) groups is 1. The Labute approximate surface area is 133 Å². The summed E-state index contributed by atoms with van der Waals surface area (Å²) in [7, 11) is 3.60. The van der Waals surface area contributed by atoms with Crippen molar-refractivity contribution < 1.29 is 14.6 Å². The number of carboxylic acids is 1. The molecular formula is C17H28N2O3. The van der Waals surface area contributed by atoms with Gasteiger partial charge in [0, 0.05) is 31.2 Å². The molecule has 0 amide bonds. The van der Waals surface area contributed by atoms with E-state index in [1.54, 1.807) is 7.11 Å². The van der Waals surface area contributed by atoms with Gasteiger partial charge in [-0.15, -0.1) is 0 Å². The van der Waals surface area contributed by atoms with E-state index in [0.29, 0.717) is 19.1 Å². The fraction of sp³-hybridized carbons (Fsp3) is 0.588. The zero-order valence-electron chi connectivity index (χ0n) is 14.1. The molecule has 1 aromatic rings. The van der Waals surface area contributed by atoms with Gasteiger partial charge >= 0.3 is 5.97 Å². The minimum absolute atomic E-state index is 0.157. The molecule has 1 aromatic carbocycles. The zero-order chi connectivity index (χ0) is 16.5. The highest BCUT2D eigenvalue weighted by molar-refractivity contribution is 5.66. The third-order valence-corrected chi connectivity index (χ3v) is 3.76. The van der Waals surface area contributed by atoms with E-state index in [9.17, 15) is 4.79 Å². The predicted molar refractivity (Wildman–Crippen MR) is 88.2 cm³/mol. The molecule has 1 rings (SSSR count). The van der Waals surface area contributed by atoms with Crippen LogP contribution in [0.3, 0.4) is 0 Å². The number of aliphatic carboxylic acids is 1. The van der Waals surface area contributed by atoms with Gasteiger partial charge in [0.15, 0.2) is 0 Å².